The number of piperidine rings is 1. The molecule has 1 fully saturated rings. The molecule has 1 aromatic heterocycles. The van der Waals surface area contributed by atoms with E-state index in [0.717, 1.165) is 30.8 Å². The van der Waals surface area contributed by atoms with E-state index in [9.17, 15) is 0 Å². The van der Waals surface area contributed by atoms with E-state index in [1.54, 1.807) is 13.3 Å². The number of nitrogens with two attached hydrogens (primary N) is 1. The molecule has 1 unspecified atom stereocenters. The number of rotatable bonds is 3. The average molecular weight is 221 g/mol. The Morgan fingerprint density at radius 1 is 1.56 bits per heavy atom. The molecule has 1 aliphatic rings. The molecule has 4 heteroatoms. The predicted octanol–water partition coefficient (Wildman–Crippen LogP) is 1.36. The van der Waals surface area contributed by atoms with E-state index in [4.69, 9.17) is 10.5 Å². The van der Waals surface area contributed by atoms with E-state index < -0.39 is 0 Å². The number of aromatic nitrogens is 1. The van der Waals surface area contributed by atoms with Crippen molar-refractivity contribution < 1.29 is 4.74 Å². The van der Waals surface area contributed by atoms with E-state index in [0.29, 0.717) is 0 Å². The summed E-state index contributed by atoms with van der Waals surface area (Å²) in [5, 5.41) is 0. The molecular formula is C12H19N3O. The molecule has 1 aliphatic heterocycles. The second-order valence-corrected chi connectivity index (χ2v) is 4.22. The second kappa shape index (κ2) is 5.27. The van der Waals surface area contributed by atoms with Crippen LogP contribution in [-0.2, 0) is 6.54 Å². The second-order valence-electron chi connectivity index (χ2n) is 4.22. The van der Waals surface area contributed by atoms with Crippen molar-refractivity contribution in [3.8, 4) is 5.75 Å². The third-order valence-corrected chi connectivity index (χ3v) is 3.12. The molecule has 0 saturated carbocycles. The van der Waals surface area contributed by atoms with Crippen molar-refractivity contribution in [2.75, 3.05) is 13.7 Å². The van der Waals surface area contributed by atoms with Crippen molar-refractivity contribution >= 4 is 0 Å². The lowest BCUT2D eigenvalue weighted by molar-refractivity contribution is 0.142. The van der Waals surface area contributed by atoms with Gasteiger partial charge in [0.1, 0.15) is 5.75 Å². The van der Waals surface area contributed by atoms with Crippen LogP contribution in [0, 0.1) is 0 Å². The van der Waals surface area contributed by atoms with Gasteiger partial charge in [-0.15, -0.1) is 0 Å². The first-order chi connectivity index (χ1) is 7.81. The van der Waals surface area contributed by atoms with Crippen LogP contribution in [0.15, 0.2) is 18.5 Å². The van der Waals surface area contributed by atoms with E-state index in [1.165, 1.54) is 12.8 Å². The van der Waals surface area contributed by atoms with Gasteiger partial charge in [-0.25, -0.2) is 0 Å². The highest BCUT2D eigenvalue weighted by Gasteiger charge is 2.19. The van der Waals surface area contributed by atoms with Crippen LogP contribution < -0.4 is 10.5 Å². The SMILES string of the molecule is COc1ccncc1CN1CCCCC1N. The Morgan fingerprint density at radius 3 is 3.19 bits per heavy atom. The topological polar surface area (TPSA) is 51.4 Å². The summed E-state index contributed by atoms with van der Waals surface area (Å²) < 4.78 is 5.31. The van der Waals surface area contributed by atoms with Gasteiger partial charge in [0.2, 0.25) is 0 Å². The fourth-order valence-electron chi connectivity index (χ4n) is 2.16. The summed E-state index contributed by atoms with van der Waals surface area (Å²) in [6.07, 6.45) is 7.35. The zero-order chi connectivity index (χ0) is 11.4. The first-order valence-electron chi connectivity index (χ1n) is 5.78. The lowest BCUT2D eigenvalue weighted by atomic mass is 10.1. The summed E-state index contributed by atoms with van der Waals surface area (Å²) in [6, 6.07) is 1.89. The van der Waals surface area contributed by atoms with Gasteiger partial charge in [-0.2, -0.15) is 0 Å². The van der Waals surface area contributed by atoms with Gasteiger partial charge < -0.3 is 10.5 Å². The van der Waals surface area contributed by atoms with E-state index in [1.807, 2.05) is 12.3 Å². The Labute approximate surface area is 96.4 Å². The van der Waals surface area contributed by atoms with Crippen LogP contribution >= 0.6 is 0 Å². The van der Waals surface area contributed by atoms with Crippen LogP contribution in [0.2, 0.25) is 0 Å². The van der Waals surface area contributed by atoms with Gasteiger partial charge in [-0.05, 0) is 31.9 Å². The molecule has 88 valence electrons. The molecule has 1 saturated heterocycles. The molecule has 16 heavy (non-hydrogen) atoms. The number of hydrogen-bond acceptors (Lipinski definition) is 4. The van der Waals surface area contributed by atoms with Gasteiger partial charge in [0.25, 0.3) is 0 Å². The molecule has 0 aliphatic carbocycles. The Kier molecular flexibility index (Phi) is 3.74. The summed E-state index contributed by atoms with van der Waals surface area (Å²) in [7, 11) is 1.69. The third-order valence-electron chi connectivity index (χ3n) is 3.12. The highest BCUT2D eigenvalue weighted by molar-refractivity contribution is 5.29. The first kappa shape index (κ1) is 11.4. The van der Waals surface area contributed by atoms with Gasteiger partial charge in [0.05, 0.1) is 13.3 Å². The van der Waals surface area contributed by atoms with Crippen LogP contribution in [0.4, 0.5) is 0 Å². The number of nitrogens with zero attached hydrogens (tertiary/aromatic N) is 2. The summed E-state index contributed by atoms with van der Waals surface area (Å²) in [4.78, 5) is 6.43. The highest BCUT2D eigenvalue weighted by Crippen LogP contribution is 2.21. The van der Waals surface area contributed by atoms with Crippen molar-refractivity contribution in [2.24, 2.45) is 5.73 Å². The first-order valence-corrected chi connectivity index (χ1v) is 5.78. The standard InChI is InChI=1S/C12H19N3O/c1-16-11-5-6-14-8-10(11)9-15-7-3-2-4-12(15)13/h5-6,8,12H,2-4,7,9,13H2,1H3. The fraction of sp³-hybridized carbons (Fsp3) is 0.583. The van der Waals surface area contributed by atoms with E-state index >= 15 is 0 Å². The van der Waals surface area contributed by atoms with E-state index in [-0.39, 0.29) is 6.17 Å². The molecule has 0 radical (unpaired) electrons. The van der Waals surface area contributed by atoms with Crippen LogP contribution in [0.25, 0.3) is 0 Å². The Morgan fingerprint density at radius 2 is 2.44 bits per heavy atom. The minimum Gasteiger partial charge on any atom is -0.496 e. The maximum absolute atomic E-state index is 6.08. The highest BCUT2D eigenvalue weighted by atomic mass is 16.5. The van der Waals surface area contributed by atoms with Crippen molar-refractivity contribution in [3.05, 3.63) is 24.0 Å². The quantitative estimate of drug-likeness (QED) is 0.837. The Balaban J connectivity index is 2.07. The van der Waals surface area contributed by atoms with Crippen LogP contribution in [0.5, 0.6) is 5.75 Å². The number of ether oxygens (including phenoxy) is 1. The summed E-state index contributed by atoms with van der Waals surface area (Å²) in [5.41, 5.74) is 7.20. The smallest absolute Gasteiger partial charge is 0.126 e. The number of methoxy groups -OCH3 is 1. The molecule has 2 heterocycles. The molecule has 0 spiro atoms. The molecule has 0 aromatic carbocycles. The van der Waals surface area contributed by atoms with Crippen molar-refractivity contribution in [1.82, 2.24) is 9.88 Å². The van der Waals surface area contributed by atoms with Crippen LogP contribution in [0.1, 0.15) is 24.8 Å². The molecule has 0 bridgehead atoms. The maximum Gasteiger partial charge on any atom is 0.126 e. The minimum absolute atomic E-state index is 0.179. The van der Waals surface area contributed by atoms with Crippen LogP contribution in [0.3, 0.4) is 0 Å². The Hall–Kier alpha value is -1.13. The number of likely N-dealkylation sites (tertiary alicyclic amines) is 1. The monoisotopic (exact) mass is 221 g/mol. The molecule has 2 N–H and O–H groups in total. The largest absolute Gasteiger partial charge is 0.496 e. The van der Waals surface area contributed by atoms with Gasteiger partial charge in [-0.1, -0.05) is 0 Å². The number of pyridine rings is 1. The van der Waals surface area contributed by atoms with Gasteiger partial charge in [0, 0.05) is 24.5 Å². The van der Waals surface area contributed by atoms with Gasteiger partial charge >= 0.3 is 0 Å². The summed E-state index contributed by atoms with van der Waals surface area (Å²) in [5.74, 6) is 0.896. The van der Waals surface area contributed by atoms with Crippen molar-refractivity contribution in [2.45, 2.75) is 32.0 Å². The number of hydrogen-bond donors (Lipinski definition) is 1. The zero-order valence-corrected chi connectivity index (χ0v) is 9.72. The molecule has 4 nitrogen and oxygen atoms in total. The molecule has 1 aromatic rings. The minimum atomic E-state index is 0.179. The average Bonchev–Trinajstić information content (AvgIpc) is 2.33. The molecule has 0 amide bonds. The Bertz CT molecular complexity index is 343. The van der Waals surface area contributed by atoms with E-state index in [2.05, 4.69) is 9.88 Å². The summed E-state index contributed by atoms with van der Waals surface area (Å²) in [6.45, 7) is 1.90. The fourth-order valence-corrected chi connectivity index (χ4v) is 2.16. The lowest BCUT2D eigenvalue weighted by Crippen LogP contribution is -2.44. The van der Waals surface area contributed by atoms with Crippen LogP contribution in [-0.4, -0.2) is 29.7 Å². The lowest BCUT2D eigenvalue weighted by Gasteiger charge is -2.33. The van der Waals surface area contributed by atoms with Gasteiger partial charge in [-0.3, -0.25) is 9.88 Å². The predicted molar refractivity (Wildman–Crippen MR) is 63.0 cm³/mol. The van der Waals surface area contributed by atoms with Crippen molar-refractivity contribution in [1.29, 1.82) is 0 Å². The molecular weight excluding hydrogens is 202 g/mol. The third kappa shape index (κ3) is 2.51. The molecule has 1 atom stereocenters. The zero-order valence-electron chi connectivity index (χ0n) is 9.72. The molecule has 2 rings (SSSR count). The van der Waals surface area contributed by atoms with Crippen molar-refractivity contribution in [3.63, 3.8) is 0 Å². The van der Waals surface area contributed by atoms with Gasteiger partial charge in [0.15, 0.2) is 0 Å². The maximum atomic E-state index is 6.08. The summed E-state index contributed by atoms with van der Waals surface area (Å²) >= 11 is 0. The normalized spacial score (nSPS) is 22.0.